The van der Waals surface area contributed by atoms with Crippen LogP contribution in [-0.2, 0) is 16.0 Å². The van der Waals surface area contributed by atoms with Gasteiger partial charge in [0.2, 0.25) is 11.8 Å². The molecule has 2 atom stereocenters. The molecule has 0 unspecified atom stereocenters. The van der Waals surface area contributed by atoms with Gasteiger partial charge < -0.3 is 16.2 Å². The Morgan fingerprint density at radius 2 is 2.05 bits per heavy atom. The summed E-state index contributed by atoms with van der Waals surface area (Å²) in [5, 5.41) is 12.8. The van der Waals surface area contributed by atoms with Crippen molar-refractivity contribution >= 4 is 39.3 Å². The first-order valence-corrected chi connectivity index (χ1v) is 8.09. The molecule has 1 aromatic carbocycles. The van der Waals surface area contributed by atoms with Gasteiger partial charge in [-0.1, -0.05) is 41.4 Å². The van der Waals surface area contributed by atoms with Gasteiger partial charge >= 0.3 is 0 Å². The predicted molar refractivity (Wildman–Crippen MR) is 89.4 cm³/mol. The molecule has 0 fully saturated rings. The largest absolute Gasteiger partial charge is 0.383 e. The standard InChI is InChI=1S/C15H20BrClN2O3/c1-8(2)5-13(20)15(22)19-12(14(18)21)7-9-6-10(17)3-4-11(9)16/h3-4,6,8,12-13,20H,5,7H2,1-2H3,(H2,18,21)(H,19,22)/t12-,13-/m0/s1. The Labute approximate surface area is 143 Å². The fraction of sp³-hybridized carbons (Fsp3) is 0.467. The van der Waals surface area contributed by atoms with Gasteiger partial charge in [0, 0.05) is 15.9 Å². The molecule has 0 radical (unpaired) electrons. The van der Waals surface area contributed by atoms with Gasteiger partial charge in [-0.25, -0.2) is 0 Å². The number of rotatable bonds is 7. The molecule has 2 amide bonds. The maximum absolute atomic E-state index is 11.9. The number of aliphatic hydroxyl groups is 1. The highest BCUT2D eigenvalue weighted by molar-refractivity contribution is 9.10. The van der Waals surface area contributed by atoms with Crippen LogP contribution in [0.25, 0.3) is 0 Å². The number of nitrogens with one attached hydrogen (secondary N) is 1. The Balaban J connectivity index is 2.80. The lowest BCUT2D eigenvalue weighted by molar-refractivity contribution is -0.133. The molecular weight excluding hydrogens is 372 g/mol. The van der Waals surface area contributed by atoms with Crippen LogP contribution < -0.4 is 11.1 Å². The normalized spacial score (nSPS) is 13.7. The quantitative estimate of drug-likeness (QED) is 0.664. The molecule has 0 aliphatic rings. The first-order chi connectivity index (χ1) is 10.2. The molecule has 0 aliphatic carbocycles. The molecule has 0 saturated heterocycles. The summed E-state index contributed by atoms with van der Waals surface area (Å²) in [5.41, 5.74) is 6.08. The van der Waals surface area contributed by atoms with E-state index in [0.717, 1.165) is 10.0 Å². The molecule has 4 N–H and O–H groups in total. The van der Waals surface area contributed by atoms with E-state index >= 15 is 0 Å². The maximum Gasteiger partial charge on any atom is 0.249 e. The van der Waals surface area contributed by atoms with Gasteiger partial charge in [-0.15, -0.1) is 0 Å². The second-order valence-corrected chi connectivity index (χ2v) is 6.84. The second kappa shape index (κ2) is 8.50. The van der Waals surface area contributed by atoms with E-state index in [-0.39, 0.29) is 12.3 Å². The van der Waals surface area contributed by atoms with Gasteiger partial charge in [0.15, 0.2) is 0 Å². The van der Waals surface area contributed by atoms with Crippen molar-refractivity contribution in [1.29, 1.82) is 0 Å². The third-order valence-electron chi connectivity index (χ3n) is 3.09. The lowest BCUT2D eigenvalue weighted by atomic mass is 10.0. The maximum atomic E-state index is 11.9. The minimum absolute atomic E-state index is 0.162. The zero-order valence-electron chi connectivity index (χ0n) is 12.5. The van der Waals surface area contributed by atoms with Crippen LogP contribution in [-0.4, -0.2) is 29.1 Å². The fourth-order valence-electron chi connectivity index (χ4n) is 1.96. The molecule has 0 saturated carbocycles. The molecule has 5 nitrogen and oxygen atoms in total. The Kier molecular flexibility index (Phi) is 7.32. The molecule has 7 heteroatoms. The van der Waals surface area contributed by atoms with Crippen LogP contribution in [0.2, 0.25) is 5.02 Å². The van der Waals surface area contributed by atoms with E-state index < -0.39 is 24.0 Å². The lowest BCUT2D eigenvalue weighted by Crippen LogP contribution is -2.49. The third kappa shape index (κ3) is 5.94. The zero-order valence-corrected chi connectivity index (χ0v) is 14.8. The number of benzene rings is 1. The number of nitrogens with two attached hydrogens (primary N) is 1. The van der Waals surface area contributed by atoms with E-state index in [4.69, 9.17) is 17.3 Å². The average molecular weight is 392 g/mol. The molecule has 0 bridgehead atoms. The van der Waals surface area contributed by atoms with E-state index in [9.17, 15) is 14.7 Å². The summed E-state index contributed by atoms with van der Waals surface area (Å²) in [6.07, 6.45) is -0.654. The topological polar surface area (TPSA) is 92.4 Å². The molecule has 0 heterocycles. The van der Waals surface area contributed by atoms with E-state index in [1.54, 1.807) is 18.2 Å². The number of primary amides is 1. The Hall–Kier alpha value is -1.11. The monoisotopic (exact) mass is 390 g/mol. The van der Waals surface area contributed by atoms with Gasteiger partial charge in [-0.3, -0.25) is 9.59 Å². The van der Waals surface area contributed by atoms with Crippen LogP contribution in [0.1, 0.15) is 25.8 Å². The van der Waals surface area contributed by atoms with Crippen molar-refractivity contribution in [1.82, 2.24) is 5.32 Å². The molecular formula is C15H20BrClN2O3. The fourth-order valence-corrected chi connectivity index (χ4v) is 2.57. The van der Waals surface area contributed by atoms with Crippen LogP contribution in [0, 0.1) is 5.92 Å². The van der Waals surface area contributed by atoms with Gasteiger partial charge in [-0.2, -0.15) is 0 Å². The van der Waals surface area contributed by atoms with E-state index in [1.807, 2.05) is 13.8 Å². The van der Waals surface area contributed by atoms with E-state index in [2.05, 4.69) is 21.2 Å². The van der Waals surface area contributed by atoms with Crippen molar-refractivity contribution in [2.24, 2.45) is 11.7 Å². The summed E-state index contributed by atoms with van der Waals surface area (Å²) in [6, 6.07) is 4.24. The van der Waals surface area contributed by atoms with Crippen molar-refractivity contribution in [2.75, 3.05) is 0 Å². The molecule has 22 heavy (non-hydrogen) atoms. The zero-order chi connectivity index (χ0) is 16.9. The molecule has 0 spiro atoms. The van der Waals surface area contributed by atoms with Gasteiger partial charge in [0.05, 0.1) is 0 Å². The highest BCUT2D eigenvalue weighted by atomic mass is 79.9. The molecule has 1 aromatic rings. The van der Waals surface area contributed by atoms with Gasteiger partial charge in [0.25, 0.3) is 0 Å². The minimum Gasteiger partial charge on any atom is -0.383 e. The van der Waals surface area contributed by atoms with Crippen LogP contribution >= 0.6 is 27.5 Å². The Bertz CT molecular complexity index is 552. The second-order valence-electron chi connectivity index (χ2n) is 5.55. The smallest absolute Gasteiger partial charge is 0.249 e. The number of carbonyl (C=O) groups excluding carboxylic acids is 2. The van der Waals surface area contributed by atoms with Crippen molar-refractivity contribution in [2.45, 2.75) is 38.8 Å². The number of amides is 2. The van der Waals surface area contributed by atoms with Crippen LogP contribution in [0.15, 0.2) is 22.7 Å². The summed E-state index contributed by atoms with van der Waals surface area (Å²) >= 11 is 9.29. The number of hydrogen-bond donors (Lipinski definition) is 3. The van der Waals surface area contributed by atoms with Crippen LogP contribution in [0.4, 0.5) is 0 Å². The number of hydrogen-bond acceptors (Lipinski definition) is 3. The van der Waals surface area contributed by atoms with E-state index in [0.29, 0.717) is 11.4 Å². The highest BCUT2D eigenvalue weighted by Crippen LogP contribution is 2.22. The van der Waals surface area contributed by atoms with Crippen LogP contribution in [0.5, 0.6) is 0 Å². The Morgan fingerprint density at radius 1 is 1.41 bits per heavy atom. The third-order valence-corrected chi connectivity index (χ3v) is 4.10. The number of carbonyl (C=O) groups is 2. The van der Waals surface area contributed by atoms with Crippen LogP contribution in [0.3, 0.4) is 0 Å². The van der Waals surface area contributed by atoms with E-state index in [1.165, 1.54) is 0 Å². The van der Waals surface area contributed by atoms with Crippen molar-refractivity contribution in [3.05, 3.63) is 33.3 Å². The number of aliphatic hydroxyl groups excluding tert-OH is 1. The number of halogens is 2. The van der Waals surface area contributed by atoms with Crippen molar-refractivity contribution in [3.8, 4) is 0 Å². The van der Waals surface area contributed by atoms with Crippen molar-refractivity contribution < 1.29 is 14.7 Å². The molecule has 1 rings (SSSR count). The summed E-state index contributed by atoms with van der Waals surface area (Å²) in [7, 11) is 0. The average Bonchev–Trinajstić information content (AvgIpc) is 2.40. The van der Waals surface area contributed by atoms with Gasteiger partial charge in [0.1, 0.15) is 12.1 Å². The minimum atomic E-state index is -1.16. The molecule has 0 aliphatic heterocycles. The summed E-state index contributed by atoms with van der Waals surface area (Å²) in [4.78, 5) is 23.5. The van der Waals surface area contributed by atoms with Gasteiger partial charge in [-0.05, 0) is 36.1 Å². The Morgan fingerprint density at radius 3 is 2.59 bits per heavy atom. The molecule has 122 valence electrons. The predicted octanol–water partition coefficient (Wildman–Crippen LogP) is 2.02. The highest BCUT2D eigenvalue weighted by Gasteiger charge is 2.24. The summed E-state index contributed by atoms with van der Waals surface area (Å²) in [5.74, 6) is -1.11. The molecule has 0 aromatic heterocycles. The first kappa shape index (κ1) is 18.9. The van der Waals surface area contributed by atoms with Crippen molar-refractivity contribution in [3.63, 3.8) is 0 Å². The summed E-state index contributed by atoms with van der Waals surface area (Å²) < 4.78 is 0.764. The SMILES string of the molecule is CC(C)C[C@H](O)C(=O)N[C@@H](Cc1cc(Cl)ccc1Br)C(N)=O. The lowest BCUT2D eigenvalue weighted by Gasteiger charge is -2.19. The first-order valence-electron chi connectivity index (χ1n) is 6.92. The summed E-state index contributed by atoms with van der Waals surface area (Å²) in [6.45, 7) is 3.79.